The topological polar surface area (TPSA) is 48.3 Å². The molecule has 0 unspecified atom stereocenters. The second-order valence-electron chi connectivity index (χ2n) is 4.36. The molecule has 2 aromatic rings. The fourth-order valence-corrected chi connectivity index (χ4v) is 1.91. The van der Waals surface area contributed by atoms with E-state index in [1.54, 1.807) is 4.68 Å². The predicted molar refractivity (Wildman–Crippen MR) is 79.3 cm³/mol. The third-order valence-electron chi connectivity index (χ3n) is 2.79. The fourth-order valence-electron chi connectivity index (χ4n) is 1.91. The SMILES string of the molecule is CCOc1ccc(NCc2ccn(C)n2)cc1OCC. The highest BCUT2D eigenvalue weighted by molar-refractivity contribution is 5.54. The van der Waals surface area contributed by atoms with Crippen LogP contribution in [0.4, 0.5) is 5.69 Å². The second kappa shape index (κ2) is 6.84. The standard InChI is InChI=1S/C15H21N3O2/c1-4-19-14-7-6-12(10-15(14)20-5-2)16-11-13-8-9-18(3)17-13/h6-10,16H,4-5,11H2,1-3H3. The summed E-state index contributed by atoms with van der Waals surface area (Å²) < 4.78 is 12.9. The van der Waals surface area contributed by atoms with Crippen LogP contribution in [0, 0.1) is 0 Å². The number of rotatable bonds is 7. The monoisotopic (exact) mass is 275 g/mol. The summed E-state index contributed by atoms with van der Waals surface area (Å²) in [5, 5.41) is 7.66. The third-order valence-corrected chi connectivity index (χ3v) is 2.79. The molecular weight excluding hydrogens is 254 g/mol. The van der Waals surface area contributed by atoms with Gasteiger partial charge < -0.3 is 14.8 Å². The molecule has 0 spiro atoms. The van der Waals surface area contributed by atoms with Gasteiger partial charge in [0, 0.05) is 25.0 Å². The van der Waals surface area contributed by atoms with E-state index in [0.717, 1.165) is 22.9 Å². The van der Waals surface area contributed by atoms with E-state index in [1.165, 1.54) is 0 Å². The van der Waals surface area contributed by atoms with Crippen LogP contribution in [0.3, 0.4) is 0 Å². The lowest BCUT2D eigenvalue weighted by Gasteiger charge is -2.13. The van der Waals surface area contributed by atoms with Gasteiger partial charge in [-0.05, 0) is 32.0 Å². The Labute approximate surface area is 119 Å². The van der Waals surface area contributed by atoms with E-state index in [0.29, 0.717) is 19.8 Å². The van der Waals surface area contributed by atoms with Crippen molar-refractivity contribution in [1.82, 2.24) is 9.78 Å². The Morgan fingerprint density at radius 2 is 1.85 bits per heavy atom. The molecule has 0 fully saturated rings. The van der Waals surface area contributed by atoms with Gasteiger partial charge in [-0.1, -0.05) is 0 Å². The molecule has 1 heterocycles. The van der Waals surface area contributed by atoms with Gasteiger partial charge in [0.2, 0.25) is 0 Å². The highest BCUT2D eigenvalue weighted by Gasteiger charge is 2.06. The molecule has 0 bridgehead atoms. The van der Waals surface area contributed by atoms with Crippen LogP contribution in [0.25, 0.3) is 0 Å². The quantitative estimate of drug-likeness (QED) is 0.844. The van der Waals surface area contributed by atoms with Gasteiger partial charge in [0.15, 0.2) is 11.5 Å². The van der Waals surface area contributed by atoms with Gasteiger partial charge in [-0.2, -0.15) is 5.10 Å². The Morgan fingerprint density at radius 1 is 1.10 bits per heavy atom. The van der Waals surface area contributed by atoms with Crippen molar-refractivity contribution in [1.29, 1.82) is 0 Å². The van der Waals surface area contributed by atoms with Crippen LogP contribution >= 0.6 is 0 Å². The highest BCUT2D eigenvalue weighted by Crippen LogP contribution is 2.30. The van der Waals surface area contributed by atoms with Gasteiger partial charge >= 0.3 is 0 Å². The number of ether oxygens (including phenoxy) is 2. The Hall–Kier alpha value is -2.17. The van der Waals surface area contributed by atoms with Crippen LogP contribution < -0.4 is 14.8 Å². The largest absolute Gasteiger partial charge is 0.490 e. The summed E-state index contributed by atoms with van der Waals surface area (Å²) in [6.07, 6.45) is 1.93. The lowest BCUT2D eigenvalue weighted by Crippen LogP contribution is -2.03. The predicted octanol–water partition coefficient (Wildman–Crippen LogP) is 2.83. The number of hydrogen-bond donors (Lipinski definition) is 1. The maximum absolute atomic E-state index is 5.60. The molecule has 108 valence electrons. The van der Waals surface area contributed by atoms with E-state index in [2.05, 4.69) is 10.4 Å². The molecule has 0 aliphatic carbocycles. The van der Waals surface area contributed by atoms with Crippen LogP contribution in [-0.2, 0) is 13.6 Å². The highest BCUT2D eigenvalue weighted by atomic mass is 16.5. The molecule has 0 saturated heterocycles. The Balaban J connectivity index is 2.05. The van der Waals surface area contributed by atoms with Crippen molar-refractivity contribution in [2.75, 3.05) is 18.5 Å². The minimum Gasteiger partial charge on any atom is -0.490 e. The third kappa shape index (κ3) is 3.66. The molecule has 0 amide bonds. The van der Waals surface area contributed by atoms with Crippen molar-refractivity contribution in [2.24, 2.45) is 7.05 Å². The summed E-state index contributed by atoms with van der Waals surface area (Å²) in [6.45, 7) is 5.84. The minimum atomic E-state index is 0.615. The van der Waals surface area contributed by atoms with Gasteiger partial charge in [0.25, 0.3) is 0 Å². The first kappa shape index (κ1) is 14.2. The minimum absolute atomic E-state index is 0.615. The molecule has 20 heavy (non-hydrogen) atoms. The zero-order valence-corrected chi connectivity index (χ0v) is 12.2. The van der Waals surface area contributed by atoms with Crippen LogP contribution in [-0.4, -0.2) is 23.0 Å². The van der Waals surface area contributed by atoms with Crippen LogP contribution in [0.2, 0.25) is 0 Å². The summed E-state index contributed by atoms with van der Waals surface area (Å²) in [5.41, 5.74) is 1.99. The van der Waals surface area contributed by atoms with Crippen molar-refractivity contribution >= 4 is 5.69 Å². The Morgan fingerprint density at radius 3 is 2.50 bits per heavy atom. The summed E-state index contributed by atoms with van der Waals surface area (Å²) >= 11 is 0. The van der Waals surface area contributed by atoms with Crippen LogP contribution in [0.15, 0.2) is 30.5 Å². The first-order valence-electron chi connectivity index (χ1n) is 6.85. The molecule has 0 aliphatic heterocycles. The lowest BCUT2D eigenvalue weighted by atomic mass is 10.2. The second-order valence-corrected chi connectivity index (χ2v) is 4.36. The number of anilines is 1. The molecule has 5 heteroatoms. The Kier molecular flexibility index (Phi) is 4.87. The van der Waals surface area contributed by atoms with Gasteiger partial charge in [0.1, 0.15) is 0 Å². The molecule has 5 nitrogen and oxygen atoms in total. The summed E-state index contributed by atoms with van der Waals surface area (Å²) in [4.78, 5) is 0. The molecule has 1 N–H and O–H groups in total. The average Bonchev–Trinajstić information content (AvgIpc) is 2.85. The molecule has 0 saturated carbocycles. The van der Waals surface area contributed by atoms with E-state index in [1.807, 2.05) is 51.4 Å². The van der Waals surface area contributed by atoms with E-state index in [4.69, 9.17) is 9.47 Å². The van der Waals surface area contributed by atoms with E-state index < -0.39 is 0 Å². The Bertz CT molecular complexity index is 552. The summed E-state index contributed by atoms with van der Waals surface area (Å²) in [6, 6.07) is 7.86. The summed E-state index contributed by atoms with van der Waals surface area (Å²) in [5.74, 6) is 1.54. The van der Waals surface area contributed by atoms with E-state index >= 15 is 0 Å². The maximum atomic E-state index is 5.60. The number of aromatic nitrogens is 2. The van der Waals surface area contributed by atoms with E-state index in [9.17, 15) is 0 Å². The molecule has 1 aromatic carbocycles. The number of nitrogens with zero attached hydrogens (tertiary/aromatic N) is 2. The molecular formula is C15H21N3O2. The molecule has 0 radical (unpaired) electrons. The molecule has 0 aliphatic rings. The number of hydrogen-bond acceptors (Lipinski definition) is 4. The molecule has 0 atom stereocenters. The lowest BCUT2D eigenvalue weighted by molar-refractivity contribution is 0.288. The van der Waals surface area contributed by atoms with Crippen LogP contribution in [0.1, 0.15) is 19.5 Å². The molecule has 2 rings (SSSR count). The number of benzene rings is 1. The average molecular weight is 275 g/mol. The van der Waals surface area contributed by atoms with E-state index in [-0.39, 0.29) is 0 Å². The molecule has 1 aromatic heterocycles. The zero-order valence-electron chi connectivity index (χ0n) is 12.2. The number of nitrogens with one attached hydrogen (secondary N) is 1. The fraction of sp³-hybridized carbons (Fsp3) is 0.400. The van der Waals surface area contributed by atoms with Gasteiger partial charge in [-0.15, -0.1) is 0 Å². The summed E-state index contributed by atoms with van der Waals surface area (Å²) in [7, 11) is 1.91. The smallest absolute Gasteiger partial charge is 0.163 e. The van der Waals surface area contributed by atoms with Crippen molar-refractivity contribution in [3.8, 4) is 11.5 Å². The first-order chi connectivity index (χ1) is 9.72. The number of aryl methyl sites for hydroxylation is 1. The van der Waals surface area contributed by atoms with Crippen LogP contribution in [0.5, 0.6) is 11.5 Å². The maximum Gasteiger partial charge on any atom is 0.163 e. The van der Waals surface area contributed by atoms with Crippen molar-refractivity contribution in [3.63, 3.8) is 0 Å². The van der Waals surface area contributed by atoms with Crippen molar-refractivity contribution in [3.05, 3.63) is 36.2 Å². The van der Waals surface area contributed by atoms with Gasteiger partial charge in [-0.3, -0.25) is 4.68 Å². The van der Waals surface area contributed by atoms with Crippen molar-refractivity contribution in [2.45, 2.75) is 20.4 Å². The first-order valence-corrected chi connectivity index (χ1v) is 6.85. The van der Waals surface area contributed by atoms with Crippen molar-refractivity contribution < 1.29 is 9.47 Å². The van der Waals surface area contributed by atoms with Gasteiger partial charge in [-0.25, -0.2) is 0 Å². The van der Waals surface area contributed by atoms with Gasteiger partial charge in [0.05, 0.1) is 25.5 Å². The zero-order chi connectivity index (χ0) is 14.4. The normalized spacial score (nSPS) is 10.3.